The molecular weight excluding hydrogens is 286 g/mol. The van der Waals surface area contributed by atoms with Gasteiger partial charge in [0.2, 0.25) is 0 Å². The van der Waals surface area contributed by atoms with Gasteiger partial charge in [-0.3, -0.25) is 0 Å². The summed E-state index contributed by atoms with van der Waals surface area (Å²) >= 11 is 1.70. The van der Waals surface area contributed by atoms with Crippen molar-refractivity contribution in [3.05, 3.63) is 40.6 Å². The normalized spacial score (nSPS) is 13.0. The molecule has 0 spiro atoms. The van der Waals surface area contributed by atoms with Gasteiger partial charge in [-0.05, 0) is 39.1 Å². The zero-order chi connectivity index (χ0) is 15.5. The molecule has 1 N–H and O–H groups in total. The lowest BCUT2D eigenvalue weighted by molar-refractivity contribution is 0.0506. The first kappa shape index (κ1) is 15.6. The Morgan fingerprint density at radius 1 is 1.52 bits per heavy atom. The second-order valence-corrected chi connectivity index (χ2v) is 6.93. The van der Waals surface area contributed by atoms with Crippen molar-refractivity contribution in [2.75, 3.05) is 0 Å². The highest BCUT2D eigenvalue weighted by Gasteiger charge is 2.19. The van der Waals surface area contributed by atoms with Crippen LogP contribution in [0.4, 0.5) is 4.79 Å². The molecule has 6 heteroatoms. The van der Waals surface area contributed by atoms with Crippen molar-refractivity contribution in [1.82, 2.24) is 14.9 Å². The largest absolute Gasteiger partial charge is 0.444 e. The summed E-state index contributed by atoms with van der Waals surface area (Å²) in [4.78, 5) is 17.3. The molecule has 0 aliphatic heterocycles. The number of ether oxygens (including phenoxy) is 1. The highest BCUT2D eigenvalue weighted by atomic mass is 32.1. The number of aromatic nitrogens is 2. The van der Waals surface area contributed by atoms with E-state index in [0.29, 0.717) is 0 Å². The minimum atomic E-state index is -0.499. The lowest BCUT2D eigenvalue weighted by Crippen LogP contribution is -2.34. The second-order valence-electron chi connectivity index (χ2n) is 5.89. The maximum atomic E-state index is 11.8. The Balaban J connectivity index is 2.01. The molecule has 0 bridgehead atoms. The van der Waals surface area contributed by atoms with Gasteiger partial charge in [0.1, 0.15) is 5.60 Å². The Labute approximate surface area is 129 Å². The third-order valence-corrected chi connectivity index (χ3v) is 3.69. The highest BCUT2D eigenvalue weighted by Crippen LogP contribution is 2.17. The maximum absolute atomic E-state index is 11.8. The molecule has 21 heavy (non-hydrogen) atoms. The number of nitrogens with zero attached hydrogens (tertiary/aromatic N) is 2. The molecule has 0 fully saturated rings. The number of nitrogens with one attached hydrogen (secondary N) is 1. The van der Waals surface area contributed by atoms with Gasteiger partial charge in [-0.1, -0.05) is 6.07 Å². The van der Waals surface area contributed by atoms with E-state index in [1.807, 2.05) is 43.7 Å². The quantitative estimate of drug-likeness (QED) is 0.939. The molecule has 0 aliphatic carbocycles. The SMILES string of the molecule is C[C@@H](NC(=O)OC(C)(C)C)c1cncn1Cc1cccs1. The van der Waals surface area contributed by atoms with E-state index in [1.54, 1.807) is 23.9 Å². The first-order valence-corrected chi connectivity index (χ1v) is 7.75. The Hall–Kier alpha value is -1.82. The van der Waals surface area contributed by atoms with Gasteiger partial charge in [0.15, 0.2) is 0 Å². The molecule has 0 saturated carbocycles. The van der Waals surface area contributed by atoms with E-state index in [-0.39, 0.29) is 6.04 Å². The monoisotopic (exact) mass is 307 g/mol. The Bertz CT molecular complexity index is 584. The van der Waals surface area contributed by atoms with Crippen molar-refractivity contribution in [3.63, 3.8) is 0 Å². The summed E-state index contributed by atoms with van der Waals surface area (Å²) in [6, 6.07) is 3.95. The molecule has 1 atom stereocenters. The van der Waals surface area contributed by atoms with Crippen molar-refractivity contribution in [2.45, 2.75) is 45.9 Å². The van der Waals surface area contributed by atoms with E-state index in [0.717, 1.165) is 12.2 Å². The number of carbonyl (C=O) groups is 1. The second kappa shape index (κ2) is 6.30. The highest BCUT2D eigenvalue weighted by molar-refractivity contribution is 7.09. The summed E-state index contributed by atoms with van der Waals surface area (Å²) in [6.07, 6.45) is 3.14. The first-order valence-electron chi connectivity index (χ1n) is 6.87. The summed E-state index contributed by atoms with van der Waals surface area (Å²) in [7, 11) is 0. The predicted molar refractivity (Wildman–Crippen MR) is 83.4 cm³/mol. The van der Waals surface area contributed by atoms with Gasteiger partial charge >= 0.3 is 6.09 Å². The number of rotatable bonds is 4. The van der Waals surface area contributed by atoms with Crippen LogP contribution >= 0.6 is 11.3 Å². The molecule has 0 radical (unpaired) electrons. The standard InChI is InChI=1S/C15H21N3O2S/c1-11(17-14(19)20-15(2,3)4)13-8-16-10-18(13)9-12-6-5-7-21-12/h5-8,10-11H,9H2,1-4H3,(H,17,19)/t11-/m1/s1. The van der Waals surface area contributed by atoms with Crippen LogP contribution in [0.25, 0.3) is 0 Å². The average molecular weight is 307 g/mol. The van der Waals surface area contributed by atoms with Crippen molar-refractivity contribution >= 4 is 17.4 Å². The summed E-state index contributed by atoms with van der Waals surface area (Å²) in [5, 5.41) is 4.89. The predicted octanol–water partition coefficient (Wildman–Crippen LogP) is 3.58. The van der Waals surface area contributed by atoms with Gasteiger partial charge in [-0.25, -0.2) is 9.78 Å². The van der Waals surface area contributed by atoms with Gasteiger partial charge in [0, 0.05) is 4.88 Å². The average Bonchev–Trinajstić information content (AvgIpc) is 2.97. The van der Waals surface area contributed by atoms with Crippen LogP contribution in [0.1, 0.15) is 44.3 Å². The van der Waals surface area contributed by atoms with Gasteiger partial charge in [0.05, 0.1) is 30.8 Å². The summed E-state index contributed by atoms with van der Waals surface area (Å²) in [5.41, 5.74) is 0.454. The van der Waals surface area contributed by atoms with E-state index in [1.165, 1.54) is 4.88 Å². The number of imidazole rings is 1. The van der Waals surface area contributed by atoms with Crippen LogP contribution in [0, 0.1) is 0 Å². The maximum Gasteiger partial charge on any atom is 0.408 e. The molecule has 2 aromatic heterocycles. The molecule has 2 heterocycles. The van der Waals surface area contributed by atoms with Gasteiger partial charge in [-0.15, -0.1) is 11.3 Å². The third-order valence-electron chi connectivity index (χ3n) is 2.83. The molecule has 0 aromatic carbocycles. The fraction of sp³-hybridized carbons (Fsp3) is 0.467. The molecule has 0 saturated heterocycles. The topological polar surface area (TPSA) is 56.1 Å². The van der Waals surface area contributed by atoms with E-state index >= 15 is 0 Å². The number of carbonyl (C=O) groups excluding carboxylic acids is 1. The fourth-order valence-corrected chi connectivity index (χ4v) is 2.66. The summed E-state index contributed by atoms with van der Waals surface area (Å²) in [5.74, 6) is 0. The number of alkyl carbamates (subject to hydrolysis) is 1. The van der Waals surface area contributed by atoms with Crippen molar-refractivity contribution in [2.24, 2.45) is 0 Å². The van der Waals surface area contributed by atoms with Gasteiger partial charge in [0.25, 0.3) is 0 Å². The van der Waals surface area contributed by atoms with Crippen LogP contribution < -0.4 is 5.32 Å². The number of amides is 1. The van der Waals surface area contributed by atoms with Crippen LogP contribution in [0.5, 0.6) is 0 Å². The smallest absolute Gasteiger partial charge is 0.408 e. The zero-order valence-corrected chi connectivity index (χ0v) is 13.6. The van der Waals surface area contributed by atoms with E-state index in [4.69, 9.17) is 4.74 Å². The van der Waals surface area contributed by atoms with E-state index < -0.39 is 11.7 Å². The molecule has 0 aliphatic rings. The van der Waals surface area contributed by atoms with Crippen LogP contribution in [0.15, 0.2) is 30.0 Å². The molecule has 5 nitrogen and oxygen atoms in total. The van der Waals surface area contributed by atoms with Crippen LogP contribution in [0.2, 0.25) is 0 Å². The van der Waals surface area contributed by atoms with Crippen LogP contribution in [0.3, 0.4) is 0 Å². The Morgan fingerprint density at radius 3 is 2.90 bits per heavy atom. The number of hydrogen-bond donors (Lipinski definition) is 1. The molecule has 114 valence electrons. The third kappa shape index (κ3) is 4.60. The summed E-state index contributed by atoms with van der Waals surface area (Å²) in [6.45, 7) is 8.22. The Morgan fingerprint density at radius 2 is 2.29 bits per heavy atom. The minimum Gasteiger partial charge on any atom is -0.444 e. The molecule has 0 unspecified atom stereocenters. The van der Waals surface area contributed by atoms with Crippen LogP contribution in [-0.2, 0) is 11.3 Å². The van der Waals surface area contributed by atoms with E-state index in [2.05, 4.69) is 16.4 Å². The van der Waals surface area contributed by atoms with Crippen molar-refractivity contribution in [1.29, 1.82) is 0 Å². The summed E-state index contributed by atoms with van der Waals surface area (Å²) < 4.78 is 7.31. The molecule has 2 aromatic rings. The van der Waals surface area contributed by atoms with Crippen molar-refractivity contribution in [3.8, 4) is 0 Å². The number of thiophene rings is 1. The minimum absolute atomic E-state index is 0.165. The van der Waals surface area contributed by atoms with Gasteiger partial charge < -0.3 is 14.6 Å². The lowest BCUT2D eigenvalue weighted by Gasteiger charge is -2.22. The molecular formula is C15H21N3O2S. The first-order chi connectivity index (χ1) is 9.85. The van der Waals surface area contributed by atoms with E-state index in [9.17, 15) is 4.79 Å². The lowest BCUT2D eigenvalue weighted by atomic mass is 10.2. The van der Waals surface area contributed by atoms with Crippen molar-refractivity contribution < 1.29 is 9.53 Å². The fourth-order valence-electron chi connectivity index (χ4n) is 1.95. The van der Waals surface area contributed by atoms with Crippen LogP contribution in [-0.4, -0.2) is 21.2 Å². The molecule has 2 rings (SSSR count). The van der Waals surface area contributed by atoms with Gasteiger partial charge in [-0.2, -0.15) is 0 Å². The number of hydrogen-bond acceptors (Lipinski definition) is 4. The Kier molecular flexibility index (Phi) is 4.67. The zero-order valence-electron chi connectivity index (χ0n) is 12.8. The molecule has 1 amide bonds.